The molecule has 15 heavy (non-hydrogen) atoms. The molecule has 1 N–H and O–H groups in total. The molecule has 1 aliphatic heterocycles. The van der Waals surface area contributed by atoms with Crippen LogP contribution in [-0.4, -0.2) is 46.1 Å². The highest BCUT2D eigenvalue weighted by atomic mass is 16.4. The Balaban J connectivity index is 1.96. The lowest BCUT2D eigenvalue weighted by atomic mass is 10.2. The zero-order valence-electron chi connectivity index (χ0n) is 8.85. The predicted octanol–water partition coefficient (Wildman–Crippen LogP) is 0.319. The van der Waals surface area contributed by atoms with Crippen LogP contribution in [0.2, 0.25) is 0 Å². The van der Waals surface area contributed by atoms with E-state index in [9.17, 15) is 9.59 Å². The summed E-state index contributed by atoms with van der Waals surface area (Å²) in [5, 5.41) is 12.5. The lowest BCUT2D eigenvalue weighted by molar-refractivity contribution is -0.147. The van der Waals surface area contributed by atoms with Gasteiger partial charge in [-0.15, -0.1) is 0 Å². The van der Waals surface area contributed by atoms with Gasteiger partial charge < -0.3 is 5.11 Å². The fourth-order valence-electron chi connectivity index (χ4n) is 1.93. The molecule has 0 aromatic carbocycles. The molecule has 1 heterocycles. The number of hydrogen-bond acceptors (Lipinski definition) is 3. The Hall–Kier alpha value is -1.10. The van der Waals surface area contributed by atoms with E-state index >= 15 is 0 Å². The fraction of sp³-hybridized carbons (Fsp3) is 0.800. The SMILES string of the molecule is CC(CN1CCC(=O)N1C1CC1)C(=O)O. The van der Waals surface area contributed by atoms with Gasteiger partial charge in [0.05, 0.1) is 5.92 Å². The Morgan fingerprint density at radius 2 is 2.27 bits per heavy atom. The summed E-state index contributed by atoms with van der Waals surface area (Å²) in [4.78, 5) is 22.3. The number of carboxylic acid groups (broad SMARTS) is 1. The first-order valence-electron chi connectivity index (χ1n) is 5.39. The monoisotopic (exact) mass is 212 g/mol. The summed E-state index contributed by atoms with van der Waals surface area (Å²) >= 11 is 0. The summed E-state index contributed by atoms with van der Waals surface area (Å²) in [6.07, 6.45) is 2.65. The highest BCUT2D eigenvalue weighted by molar-refractivity contribution is 5.78. The standard InChI is InChI=1S/C10H16N2O3/c1-7(10(14)15)6-11-5-4-9(13)12(11)8-2-3-8/h7-8H,2-6H2,1H3,(H,14,15). The van der Waals surface area contributed by atoms with Gasteiger partial charge in [0, 0.05) is 25.6 Å². The quantitative estimate of drug-likeness (QED) is 0.729. The number of aliphatic carboxylic acids is 1. The van der Waals surface area contributed by atoms with Crippen molar-refractivity contribution in [2.24, 2.45) is 5.92 Å². The van der Waals surface area contributed by atoms with Gasteiger partial charge in [0.25, 0.3) is 0 Å². The van der Waals surface area contributed by atoms with E-state index in [4.69, 9.17) is 5.11 Å². The van der Waals surface area contributed by atoms with Crippen molar-refractivity contribution in [3.63, 3.8) is 0 Å². The highest BCUT2D eigenvalue weighted by Crippen LogP contribution is 2.31. The van der Waals surface area contributed by atoms with E-state index in [2.05, 4.69) is 0 Å². The minimum atomic E-state index is -0.801. The van der Waals surface area contributed by atoms with Gasteiger partial charge in [-0.2, -0.15) is 0 Å². The maximum absolute atomic E-state index is 11.6. The number of nitrogens with zero attached hydrogens (tertiary/aromatic N) is 2. The van der Waals surface area contributed by atoms with Crippen molar-refractivity contribution in [2.75, 3.05) is 13.1 Å². The highest BCUT2D eigenvalue weighted by Gasteiger charge is 2.40. The topological polar surface area (TPSA) is 60.9 Å². The number of hydrogen-bond donors (Lipinski definition) is 1. The Labute approximate surface area is 88.6 Å². The molecule has 5 heteroatoms. The second-order valence-corrected chi connectivity index (χ2v) is 4.37. The largest absolute Gasteiger partial charge is 0.481 e. The van der Waals surface area contributed by atoms with Crippen LogP contribution in [0.4, 0.5) is 0 Å². The summed E-state index contributed by atoms with van der Waals surface area (Å²) in [5.74, 6) is -1.07. The summed E-state index contributed by atoms with van der Waals surface area (Å²) in [5.41, 5.74) is 0. The van der Waals surface area contributed by atoms with Crippen LogP contribution in [0, 0.1) is 5.92 Å². The van der Waals surface area contributed by atoms with Crippen molar-refractivity contribution in [3.8, 4) is 0 Å². The average molecular weight is 212 g/mol. The number of carbonyl (C=O) groups is 2. The molecule has 0 aromatic rings. The van der Waals surface area contributed by atoms with Crippen LogP contribution < -0.4 is 0 Å². The van der Waals surface area contributed by atoms with Gasteiger partial charge in [-0.1, -0.05) is 6.92 Å². The van der Waals surface area contributed by atoms with E-state index in [1.165, 1.54) is 0 Å². The average Bonchev–Trinajstić information content (AvgIpc) is 2.93. The van der Waals surface area contributed by atoms with Gasteiger partial charge in [-0.3, -0.25) is 14.6 Å². The van der Waals surface area contributed by atoms with E-state index < -0.39 is 11.9 Å². The molecular formula is C10H16N2O3. The Bertz CT molecular complexity index is 288. The summed E-state index contributed by atoms with van der Waals surface area (Å²) < 4.78 is 0. The maximum Gasteiger partial charge on any atom is 0.307 e. The van der Waals surface area contributed by atoms with Crippen LogP contribution in [0.25, 0.3) is 0 Å². The van der Waals surface area contributed by atoms with Crippen LogP contribution in [0.3, 0.4) is 0 Å². The molecule has 2 fully saturated rings. The zero-order valence-corrected chi connectivity index (χ0v) is 8.85. The molecule has 2 aliphatic rings. The zero-order chi connectivity index (χ0) is 11.0. The van der Waals surface area contributed by atoms with Gasteiger partial charge in [-0.05, 0) is 12.8 Å². The first kappa shape index (κ1) is 10.4. The molecule has 1 unspecified atom stereocenters. The van der Waals surface area contributed by atoms with Crippen molar-refractivity contribution in [2.45, 2.75) is 32.2 Å². The van der Waals surface area contributed by atoms with Crippen molar-refractivity contribution >= 4 is 11.9 Å². The minimum Gasteiger partial charge on any atom is -0.481 e. The smallest absolute Gasteiger partial charge is 0.307 e. The molecule has 2 rings (SSSR count). The lowest BCUT2D eigenvalue weighted by Crippen LogP contribution is -2.43. The molecule has 0 radical (unpaired) electrons. The van der Waals surface area contributed by atoms with Crippen molar-refractivity contribution in [1.82, 2.24) is 10.0 Å². The first-order chi connectivity index (χ1) is 7.09. The van der Waals surface area contributed by atoms with Crippen LogP contribution in [0.15, 0.2) is 0 Å². The Morgan fingerprint density at radius 1 is 1.60 bits per heavy atom. The summed E-state index contributed by atoms with van der Waals surface area (Å²) in [7, 11) is 0. The molecule has 5 nitrogen and oxygen atoms in total. The molecular weight excluding hydrogens is 196 g/mol. The number of carboxylic acids is 1. The van der Waals surface area contributed by atoms with Crippen LogP contribution >= 0.6 is 0 Å². The van der Waals surface area contributed by atoms with Gasteiger partial charge in [0.2, 0.25) is 5.91 Å². The van der Waals surface area contributed by atoms with Gasteiger partial charge in [0.1, 0.15) is 0 Å². The normalized spacial score (nSPS) is 24.6. The molecule has 0 bridgehead atoms. The summed E-state index contributed by atoms with van der Waals surface area (Å²) in [6, 6.07) is 0.348. The fourth-order valence-corrected chi connectivity index (χ4v) is 1.93. The van der Waals surface area contributed by atoms with Crippen LogP contribution in [0.1, 0.15) is 26.2 Å². The summed E-state index contributed by atoms with van der Waals surface area (Å²) in [6.45, 7) is 2.79. The second-order valence-electron chi connectivity index (χ2n) is 4.37. The van der Waals surface area contributed by atoms with E-state index in [-0.39, 0.29) is 5.91 Å². The predicted molar refractivity (Wildman–Crippen MR) is 52.9 cm³/mol. The Morgan fingerprint density at radius 3 is 2.80 bits per heavy atom. The van der Waals surface area contributed by atoms with Gasteiger partial charge in [0.15, 0.2) is 0 Å². The Kier molecular flexibility index (Phi) is 2.65. The van der Waals surface area contributed by atoms with Gasteiger partial charge in [-0.25, -0.2) is 5.01 Å². The molecule has 84 valence electrons. The third kappa shape index (κ3) is 2.12. The number of amides is 1. The number of rotatable bonds is 4. The van der Waals surface area contributed by atoms with Crippen molar-refractivity contribution < 1.29 is 14.7 Å². The molecule has 1 aliphatic carbocycles. The van der Waals surface area contributed by atoms with Crippen LogP contribution in [0.5, 0.6) is 0 Å². The molecule has 1 amide bonds. The first-order valence-corrected chi connectivity index (χ1v) is 5.39. The van der Waals surface area contributed by atoms with E-state index in [0.717, 1.165) is 12.8 Å². The maximum atomic E-state index is 11.6. The third-order valence-electron chi connectivity index (χ3n) is 2.94. The van der Waals surface area contributed by atoms with E-state index in [0.29, 0.717) is 25.6 Å². The molecule has 1 saturated carbocycles. The number of hydrazine groups is 1. The van der Waals surface area contributed by atoms with Crippen molar-refractivity contribution in [1.29, 1.82) is 0 Å². The van der Waals surface area contributed by atoms with Gasteiger partial charge >= 0.3 is 5.97 Å². The number of carbonyl (C=O) groups excluding carboxylic acids is 1. The molecule has 0 aromatic heterocycles. The minimum absolute atomic E-state index is 0.148. The molecule has 1 atom stereocenters. The molecule has 1 saturated heterocycles. The van der Waals surface area contributed by atoms with Crippen LogP contribution in [-0.2, 0) is 9.59 Å². The van der Waals surface area contributed by atoms with E-state index in [1.807, 2.05) is 5.01 Å². The third-order valence-corrected chi connectivity index (χ3v) is 2.94. The molecule has 0 spiro atoms. The van der Waals surface area contributed by atoms with Crippen molar-refractivity contribution in [3.05, 3.63) is 0 Å². The lowest BCUT2D eigenvalue weighted by Gasteiger charge is -2.29. The second kappa shape index (κ2) is 3.81. The van der Waals surface area contributed by atoms with E-state index in [1.54, 1.807) is 11.9 Å².